The number of nitrogens with one attached hydrogen (secondary N) is 1. The van der Waals surface area contributed by atoms with E-state index in [0.717, 1.165) is 0 Å². The Kier molecular flexibility index (Phi) is 3.83. The lowest BCUT2D eigenvalue weighted by atomic mass is 10.2. The monoisotopic (exact) mass is 296 g/mol. The summed E-state index contributed by atoms with van der Waals surface area (Å²) in [5.41, 5.74) is 6.39. The van der Waals surface area contributed by atoms with Crippen molar-refractivity contribution in [2.75, 3.05) is 11.1 Å². The Morgan fingerprint density at radius 3 is 2.53 bits per heavy atom. The minimum Gasteiger partial charge on any atom is -0.507 e. The number of aromatic hydroxyl groups is 1. The van der Waals surface area contributed by atoms with Crippen LogP contribution in [-0.2, 0) is 0 Å². The molecule has 2 aromatic carbocycles. The second-order valence-corrected chi connectivity index (χ2v) is 4.67. The van der Waals surface area contributed by atoms with Crippen molar-refractivity contribution in [2.24, 2.45) is 0 Å². The van der Waals surface area contributed by atoms with Crippen molar-refractivity contribution in [1.29, 1.82) is 0 Å². The van der Waals surface area contributed by atoms with Gasteiger partial charge in [-0.25, -0.2) is 0 Å². The lowest BCUT2D eigenvalue weighted by Crippen LogP contribution is -2.13. The molecule has 0 bridgehead atoms. The molecule has 19 heavy (non-hydrogen) atoms. The molecule has 0 saturated heterocycles. The van der Waals surface area contributed by atoms with E-state index in [1.807, 2.05) is 0 Å². The van der Waals surface area contributed by atoms with E-state index in [9.17, 15) is 9.90 Å². The summed E-state index contributed by atoms with van der Waals surface area (Å²) < 4.78 is 0. The number of carbonyl (C=O) groups is 1. The molecular formula is C13H10Cl2N2O2. The van der Waals surface area contributed by atoms with Crippen LogP contribution in [0.1, 0.15) is 10.4 Å². The topological polar surface area (TPSA) is 75.3 Å². The van der Waals surface area contributed by atoms with E-state index in [2.05, 4.69) is 5.32 Å². The van der Waals surface area contributed by atoms with E-state index >= 15 is 0 Å². The predicted octanol–water partition coefficient (Wildman–Crippen LogP) is 3.53. The first-order valence-corrected chi connectivity index (χ1v) is 6.08. The third kappa shape index (κ3) is 2.92. The third-order valence-corrected chi connectivity index (χ3v) is 2.99. The summed E-state index contributed by atoms with van der Waals surface area (Å²) in [5, 5.41) is 12.8. The Morgan fingerprint density at radius 1 is 1.21 bits per heavy atom. The summed E-state index contributed by atoms with van der Waals surface area (Å²) in [7, 11) is 0. The van der Waals surface area contributed by atoms with Crippen molar-refractivity contribution >= 4 is 40.5 Å². The smallest absolute Gasteiger partial charge is 0.259 e. The van der Waals surface area contributed by atoms with Crippen LogP contribution < -0.4 is 11.1 Å². The van der Waals surface area contributed by atoms with Gasteiger partial charge in [0, 0.05) is 5.02 Å². The average molecular weight is 297 g/mol. The highest BCUT2D eigenvalue weighted by molar-refractivity contribution is 6.37. The number of nitrogen functional groups attached to an aromatic ring is 1. The van der Waals surface area contributed by atoms with Gasteiger partial charge >= 0.3 is 0 Å². The van der Waals surface area contributed by atoms with Gasteiger partial charge in [0.1, 0.15) is 5.75 Å². The molecule has 0 spiro atoms. The standard InChI is InChI=1S/C13H10Cl2N2O2/c14-7-5-9(15)12(10(16)6-7)17-13(19)8-3-1-2-4-11(8)18/h1-6,18H,16H2,(H,17,19). The van der Waals surface area contributed by atoms with Crippen molar-refractivity contribution in [3.63, 3.8) is 0 Å². The molecule has 0 heterocycles. The number of anilines is 2. The zero-order valence-electron chi connectivity index (χ0n) is 9.65. The van der Waals surface area contributed by atoms with Gasteiger partial charge in [-0.15, -0.1) is 0 Å². The number of phenolic OH excluding ortho intramolecular Hbond substituents is 1. The number of benzene rings is 2. The number of phenols is 1. The second-order valence-electron chi connectivity index (χ2n) is 3.82. The van der Waals surface area contributed by atoms with Crippen LogP contribution in [0.3, 0.4) is 0 Å². The van der Waals surface area contributed by atoms with Gasteiger partial charge in [-0.3, -0.25) is 4.79 Å². The molecule has 0 saturated carbocycles. The molecule has 0 aliphatic rings. The minimum absolute atomic E-state index is 0.122. The molecule has 0 fully saturated rings. The fraction of sp³-hybridized carbons (Fsp3) is 0. The largest absolute Gasteiger partial charge is 0.507 e. The quantitative estimate of drug-likeness (QED) is 0.742. The Morgan fingerprint density at radius 2 is 1.89 bits per heavy atom. The van der Waals surface area contributed by atoms with Crippen LogP contribution in [0.2, 0.25) is 10.0 Å². The maximum atomic E-state index is 12.0. The first-order valence-electron chi connectivity index (χ1n) is 5.33. The molecule has 98 valence electrons. The molecular weight excluding hydrogens is 287 g/mol. The maximum Gasteiger partial charge on any atom is 0.259 e. The Hall–Kier alpha value is -1.91. The van der Waals surface area contributed by atoms with E-state index in [1.54, 1.807) is 12.1 Å². The molecule has 0 unspecified atom stereocenters. The van der Waals surface area contributed by atoms with Crippen LogP contribution in [0.25, 0.3) is 0 Å². The molecule has 0 aliphatic carbocycles. The van der Waals surface area contributed by atoms with Gasteiger partial charge in [0.2, 0.25) is 0 Å². The molecule has 4 nitrogen and oxygen atoms in total. The zero-order valence-corrected chi connectivity index (χ0v) is 11.2. The molecule has 0 atom stereocenters. The molecule has 4 N–H and O–H groups in total. The Bertz CT molecular complexity index is 621. The number of amides is 1. The van der Waals surface area contributed by atoms with Crippen molar-refractivity contribution in [3.05, 3.63) is 52.0 Å². The van der Waals surface area contributed by atoms with Gasteiger partial charge in [-0.2, -0.15) is 0 Å². The van der Waals surface area contributed by atoms with Gasteiger partial charge in [0.05, 0.1) is 22.0 Å². The highest BCUT2D eigenvalue weighted by Crippen LogP contribution is 2.32. The molecule has 0 aliphatic heterocycles. The molecule has 2 rings (SSSR count). The second kappa shape index (κ2) is 5.38. The summed E-state index contributed by atoms with van der Waals surface area (Å²) in [4.78, 5) is 12.0. The number of nitrogens with two attached hydrogens (primary N) is 1. The van der Waals surface area contributed by atoms with E-state index in [0.29, 0.717) is 5.02 Å². The van der Waals surface area contributed by atoms with Crippen molar-refractivity contribution < 1.29 is 9.90 Å². The van der Waals surface area contributed by atoms with Crippen LogP contribution in [0.5, 0.6) is 5.75 Å². The fourth-order valence-electron chi connectivity index (χ4n) is 1.57. The summed E-state index contributed by atoms with van der Waals surface area (Å²) >= 11 is 11.7. The summed E-state index contributed by atoms with van der Waals surface area (Å²) in [6, 6.07) is 9.12. The van der Waals surface area contributed by atoms with Gasteiger partial charge in [-0.1, -0.05) is 35.3 Å². The fourth-order valence-corrected chi connectivity index (χ4v) is 2.13. The number of carbonyl (C=O) groups excluding carboxylic acids is 1. The van der Waals surface area contributed by atoms with Crippen LogP contribution >= 0.6 is 23.2 Å². The van der Waals surface area contributed by atoms with E-state index < -0.39 is 5.91 Å². The van der Waals surface area contributed by atoms with Gasteiger partial charge in [-0.05, 0) is 24.3 Å². The van der Waals surface area contributed by atoms with Gasteiger partial charge < -0.3 is 16.2 Å². The molecule has 0 aromatic heterocycles. The minimum atomic E-state index is -0.506. The summed E-state index contributed by atoms with van der Waals surface area (Å²) in [6.45, 7) is 0. The van der Waals surface area contributed by atoms with E-state index in [-0.39, 0.29) is 27.7 Å². The average Bonchev–Trinajstić information content (AvgIpc) is 2.34. The van der Waals surface area contributed by atoms with Gasteiger partial charge in [0.15, 0.2) is 0 Å². The first kappa shape index (κ1) is 13.5. The summed E-state index contributed by atoms with van der Waals surface area (Å²) in [6.07, 6.45) is 0. The first-order chi connectivity index (χ1) is 8.99. The normalized spacial score (nSPS) is 10.2. The lowest BCUT2D eigenvalue weighted by molar-refractivity contribution is 0.102. The highest BCUT2D eigenvalue weighted by Gasteiger charge is 2.14. The number of halogens is 2. The highest BCUT2D eigenvalue weighted by atomic mass is 35.5. The number of hydrogen-bond acceptors (Lipinski definition) is 3. The Balaban J connectivity index is 2.32. The number of rotatable bonds is 2. The molecule has 0 radical (unpaired) electrons. The van der Waals surface area contributed by atoms with Crippen LogP contribution in [0, 0.1) is 0 Å². The zero-order chi connectivity index (χ0) is 14.0. The van der Waals surface area contributed by atoms with Crippen molar-refractivity contribution in [1.82, 2.24) is 0 Å². The Labute approximate surface area is 119 Å². The third-order valence-electron chi connectivity index (χ3n) is 2.47. The SMILES string of the molecule is Nc1cc(Cl)cc(Cl)c1NC(=O)c1ccccc1O. The van der Waals surface area contributed by atoms with Gasteiger partial charge in [0.25, 0.3) is 5.91 Å². The molecule has 1 amide bonds. The maximum absolute atomic E-state index is 12.0. The summed E-state index contributed by atoms with van der Waals surface area (Å²) in [5.74, 6) is -0.627. The van der Waals surface area contributed by atoms with Crippen LogP contribution in [0.15, 0.2) is 36.4 Å². The lowest BCUT2D eigenvalue weighted by Gasteiger charge is -2.11. The van der Waals surface area contributed by atoms with E-state index in [1.165, 1.54) is 24.3 Å². The number of para-hydroxylation sites is 1. The van der Waals surface area contributed by atoms with Crippen molar-refractivity contribution in [3.8, 4) is 5.75 Å². The number of hydrogen-bond donors (Lipinski definition) is 3. The predicted molar refractivity (Wildman–Crippen MR) is 76.9 cm³/mol. The van der Waals surface area contributed by atoms with Crippen LogP contribution in [0.4, 0.5) is 11.4 Å². The molecule has 6 heteroatoms. The van der Waals surface area contributed by atoms with Crippen LogP contribution in [-0.4, -0.2) is 11.0 Å². The molecule has 2 aromatic rings. The van der Waals surface area contributed by atoms with E-state index in [4.69, 9.17) is 28.9 Å². The van der Waals surface area contributed by atoms with Crippen molar-refractivity contribution in [2.45, 2.75) is 0 Å².